The molecule has 1 aromatic rings. The molecule has 0 saturated carbocycles. The van der Waals surface area contributed by atoms with Crippen molar-refractivity contribution in [2.24, 2.45) is 0 Å². The SMILES string of the molecule is Cc1cccc(F)c1CCN1CCNCC1. The van der Waals surface area contributed by atoms with E-state index in [9.17, 15) is 4.39 Å². The fraction of sp³-hybridized carbons (Fsp3) is 0.538. The van der Waals surface area contributed by atoms with Crippen LogP contribution in [0.3, 0.4) is 0 Å². The van der Waals surface area contributed by atoms with E-state index in [1.165, 1.54) is 0 Å². The summed E-state index contributed by atoms with van der Waals surface area (Å²) in [6, 6.07) is 5.31. The van der Waals surface area contributed by atoms with Gasteiger partial charge >= 0.3 is 0 Å². The summed E-state index contributed by atoms with van der Waals surface area (Å²) in [4.78, 5) is 2.39. The van der Waals surface area contributed by atoms with Crippen LogP contribution in [0.2, 0.25) is 0 Å². The molecule has 0 unspecified atom stereocenters. The van der Waals surface area contributed by atoms with Crippen LogP contribution in [0.4, 0.5) is 4.39 Å². The van der Waals surface area contributed by atoms with Crippen molar-refractivity contribution in [1.29, 1.82) is 0 Å². The number of piperazine rings is 1. The van der Waals surface area contributed by atoms with Gasteiger partial charge in [-0.25, -0.2) is 4.39 Å². The summed E-state index contributed by atoms with van der Waals surface area (Å²) in [7, 11) is 0. The van der Waals surface area contributed by atoms with E-state index < -0.39 is 0 Å². The topological polar surface area (TPSA) is 15.3 Å². The number of benzene rings is 1. The van der Waals surface area contributed by atoms with Gasteiger partial charge in [-0.2, -0.15) is 0 Å². The predicted molar refractivity (Wildman–Crippen MR) is 64.2 cm³/mol. The lowest BCUT2D eigenvalue weighted by Crippen LogP contribution is -2.44. The standard InChI is InChI=1S/C13H19FN2/c1-11-3-2-4-13(14)12(11)5-8-16-9-6-15-7-10-16/h2-4,15H,5-10H2,1H3. The van der Waals surface area contributed by atoms with Crippen LogP contribution < -0.4 is 5.32 Å². The van der Waals surface area contributed by atoms with Gasteiger partial charge in [0.1, 0.15) is 5.82 Å². The second-order valence-electron chi connectivity index (χ2n) is 4.38. The smallest absolute Gasteiger partial charge is 0.126 e. The van der Waals surface area contributed by atoms with Crippen molar-refractivity contribution >= 4 is 0 Å². The Hall–Kier alpha value is -0.930. The molecule has 1 fully saturated rings. The Morgan fingerprint density at radius 3 is 2.75 bits per heavy atom. The van der Waals surface area contributed by atoms with E-state index in [2.05, 4.69) is 10.2 Å². The van der Waals surface area contributed by atoms with Crippen molar-refractivity contribution in [2.45, 2.75) is 13.3 Å². The second-order valence-corrected chi connectivity index (χ2v) is 4.38. The lowest BCUT2D eigenvalue weighted by molar-refractivity contribution is 0.243. The van der Waals surface area contributed by atoms with Gasteiger partial charge < -0.3 is 10.2 Å². The maximum Gasteiger partial charge on any atom is 0.126 e. The first kappa shape index (κ1) is 11.6. The average molecular weight is 222 g/mol. The van der Waals surface area contributed by atoms with Crippen molar-refractivity contribution in [2.75, 3.05) is 32.7 Å². The molecule has 0 aliphatic carbocycles. The molecule has 1 aromatic carbocycles. The van der Waals surface area contributed by atoms with E-state index in [4.69, 9.17) is 0 Å². The Morgan fingerprint density at radius 2 is 2.06 bits per heavy atom. The Bertz CT molecular complexity index is 326. The number of halogens is 1. The molecule has 0 radical (unpaired) electrons. The average Bonchev–Trinajstić information content (AvgIpc) is 2.30. The van der Waals surface area contributed by atoms with Crippen LogP contribution in [0.5, 0.6) is 0 Å². The molecular weight excluding hydrogens is 203 g/mol. The zero-order valence-electron chi connectivity index (χ0n) is 9.80. The van der Waals surface area contributed by atoms with Crippen LogP contribution in [-0.2, 0) is 6.42 Å². The molecule has 0 aromatic heterocycles. The van der Waals surface area contributed by atoms with Crippen LogP contribution in [0.15, 0.2) is 18.2 Å². The Labute approximate surface area is 96.5 Å². The fourth-order valence-corrected chi connectivity index (χ4v) is 2.19. The molecule has 1 saturated heterocycles. The van der Waals surface area contributed by atoms with E-state index >= 15 is 0 Å². The summed E-state index contributed by atoms with van der Waals surface area (Å²) in [5.41, 5.74) is 1.94. The van der Waals surface area contributed by atoms with Crippen molar-refractivity contribution in [3.63, 3.8) is 0 Å². The minimum Gasteiger partial charge on any atom is -0.314 e. The number of nitrogens with zero attached hydrogens (tertiary/aromatic N) is 1. The maximum atomic E-state index is 13.6. The molecule has 1 aliphatic heterocycles. The molecule has 1 heterocycles. The maximum absolute atomic E-state index is 13.6. The van der Waals surface area contributed by atoms with Gasteiger partial charge in [0.2, 0.25) is 0 Å². The molecule has 1 aliphatic rings. The molecule has 2 rings (SSSR count). The van der Waals surface area contributed by atoms with Crippen LogP contribution in [0, 0.1) is 12.7 Å². The summed E-state index contributed by atoms with van der Waals surface area (Å²) < 4.78 is 13.6. The van der Waals surface area contributed by atoms with Gasteiger partial charge in [-0.15, -0.1) is 0 Å². The molecule has 88 valence electrons. The van der Waals surface area contributed by atoms with Crippen LogP contribution in [0.1, 0.15) is 11.1 Å². The molecule has 2 nitrogen and oxygen atoms in total. The summed E-state index contributed by atoms with van der Waals surface area (Å²) in [6.07, 6.45) is 0.818. The highest BCUT2D eigenvalue weighted by Gasteiger charge is 2.11. The molecule has 16 heavy (non-hydrogen) atoms. The van der Waals surface area contributed by atoms with E-state index in [1.54, 1.807) is 12.1 Å². The largest absolute Gasteiger partial charge is 0.314 e. The predicted octanol–water partition coefficient (Wildman–Crippen LogP) is 1.58. The third kappa shape index (κ3) is 2.80. The summed E-state index contributed by atoms with van der Waals surface area (Å²) in [5.74, 6) is -0.0601. The van der Waals surface area contributed by atoms with Crippen LogP contribution >= 0.6 is 0 Å². The summed E-state index contributed by atoms with van der Waals surface area (Å²) >= 11 is 0. The molecule has 0 bridgehead atoms. The molecule has 0 atom stereocenters. The van der Waals surface area contributed by atoms with Gasteiger partial charge in [0.25, 0.3) is 0 Å². The highest BCUT2D eigenvalue weighted by atomic mass is 19.1. The molecule has 0 spiro atoms. The normalized spacial score (nSPS) is 17.6. The van der Waals surface area contributed by atoms with Crippen molar-refractivity contribution < 1.29 is 4.39 Å². The molecule has 0 amide bonds. The van der Waals surface area contributed by atoms with Gasteiger partial charge in [0.05, 0.1) is 0 Å². The Kier molecular flexibility index (Phi) is 3.91. The van der Waals surface area contributed by atoms with Gasteiger partial charge in [0.15, 0.2) is 0 Å². The van der Waals surface area contributed by atoms with Crippen molar-refractivity contribution in [1.82, 2.24) is 10.2 Å². The van der Waals surface area contributed by atoms with E-state index in [1.807, 2.05) is 13.0 Å². The Morgan fingerprint density at radius 1 is 1.31 bits per heavy atom. The monoisotopic (exact) mass is 222 g/mol. The number of aryl methyl sites for hydroxylation is 1. The minimum atomic E-state index is -0.0601. The van der Waals surface area contributed by atoms with E-state index in [0.29, 0.717) is 0 Å². The summed E-state index contributed by atoms with van der Waals surface area (Å²) in [5, 5.41) is 3.32. The number of hydrogen-bond acceptors (Lipinski definition) is 2. The third-order valence-corrected chi connectivity index (χ3v) is 3.24. The first-order valence-electron chi connectivity index (χ1n) is 5.94. The quantitative estimate of drug-likeness (QED) is 0.835. The number of rotatable bonds is 3. The molecular formula is C13H19FN2. The van der Waals surface area contributed by atoms with Crippen molar-refractivity contribution in [3.8, 4) is 0 Å². The molecule has 1 N–H and O–H groups in total. The molecule has 3 heteroatoms. The lowest BCUT2D eigenvalue weighted by atomic mass is 10.0. The van der Waals surface area contributed by atoms with Crippen molar-refractivity contribution in [3.05, 3.63) is 35.1 Å². The van der Waals surface area contributed by atoms with E-state index in [-0.39, 0.29) is 5.82 Å². The zero-order chi connectivity index (χ0) is 11.4. The first-order valence-corrected chi connectivity index (χ1v) is 5.94. The van der Waals surface area contributed by atoms with Gasteiger partial charge in [-0.1, -0.05) is 12.1 Å². The first-order chi connectivity index (χ1) is 7.77. The van der Waals surface area contributed by atoms with Gasteiger partial charge in [-0.3, -0.25) is 0 Å². The van der Waals surface area contributed by atoms with Gasteiger partial charge in [0, 0.05) is 32.7 Å². The second kappa shape index (κ2) is 5.41. The van der Waals surface area contributed by atoms with E-state index in [0.717, 1.165) is 50.3 Å². The highest BCUT2D eigenvalue weighted by molar-refractivity contribution is 5.27. The Balaban J connectivity index is 1.93. The summed E-state index contributed by atoms with van der Waals surface area (Å²) in [6.45, 7) is 7.20. The number of nitrogens with one attached hydrogen (secondary N) is 1. The highest BCUT2D eigenvalue weighted by Crippen LogP contribution is 2.13. The fourth-order valence-electron chi connectivity index (χ4n) is 2.19. The minimum absolute atomic E-state index is 0.0601. The van der Waals surface area contributed by atoms with Gasteiger partial charge in [-0.05, 0) is 30.5 Å². The zero-order valence-corrected chi connectivity index (χ0v) is 9.80. The third-order valence-electron chi connectivity index (χ3n) is 3.24. The van der Waals surface area contributed by atoms with Crippen LogP contribution in [0.25, 0.3) is 0 Å². The van der Waals surface area contributed by atoms with Crippen LogP contribution in [-0.4, -0.2) is 37.6 Å². The lowest BCUT2D eigenvalue weighted by Gasteiger charge is -2.27. The number of hydrogen-bond donors (Lipinski definition) is 1.